The molecule has 2 aromatic carbocycles. The first kappa shape index (κ1) is 17.5. The molecule has 130 valence electrons. The van der Waals surface area contributed by atoms with Crippen LogP contribution >= 0.6 is 11.6 Å². The molecule has 1 N–H and O–H groups in total. The summed E-state index contributed by atoms with van der Waals surface area (Å²) in [5.74, 6) is -0.564. The third-order valence-electron chi connectivity index (χ3n) is 3.64. The Labute approximate surface area is 153 Å². The van der Waals surface area contributed by atoms with Crippen LogP contribution in [0, 0.1) is 17.0 Å². The maximum Gasteiger partial charge on any atom is 0.271 e. The van der Waals surface area contributed by atoms with Crippen molar-refractivity contribution < 1.29 is 9.72 Å². The Hall–Kier alpha value is -3.32. The van der Waals surface area contributed by atoms with Gasteiger partial charge in [0.15, 0.2) is 0 Å². The number of rotatable bonds is 4. The molecule has 0 aliphatic heterocycles. The van der Waals surface area contributed by atoms with E-state index in [2.05, 4.69) is 15.5 Å². The summed E-state index contributed by atoms with van der Waals surface area (Å²) >= 11 is 6.15. The maximum atomic E-state index is 12.0. The lowest BCUT2D eigenvalue weighted by atomic mass is 10.1. The molecular weight excluding hydrogens is 356 g/mol. The van der Waals surface area contributed by atoms with Crippen LogP contribution in [-0.2, 0) is 0 Å². The number of halogens is 1. The Balaban J connectivity index is 1.78. The first-order valence-electron chi connectivity index (χ1n) is 7.59. The van der Waals surface area contributed by atoms with Crippen molar-refractivity contribution in [2.45, 2.75) is 6.92 Å². The Bertz CT molecular complexity index is 1050. The van der Waals surface area contributed by atoms with Gasteiger partial charge in [0, 0.05) is 28.6 Å². The van der Waals surface area contributed by atoms with Gasteiger partial charge in [-0.25, -0.2) is 10.4 Å². The summed E-state index contributed by atoms with van der Waals surface area (Å²) < 4.78 is 0. The lowest BCUT2D eigenvalue weighted by molar-refractivity contribution is -0.384. The van der Waals surface area contributed by atoms with Crippen LogP contribution in [0.3, 0.4) is 0 Å². The van der Waals surface area contributed by atoms with Gasteiger partial charge in [-0.2, -0.15) is 5.10 Å². The highest BCUT2D eigenvalue weighted by Crippen LogP contribution is 2.20. The highest BCUT2D eigenvalue weighted by molar-refractivity contribution is 6.32. The van der Waals surface area contributed by atoms with Gasteiger partial charge >= 0.3 is 0 Å². The van der Waals surface area contributed by atoms with Crippen molar-refractivity contribution in [3.05, 3.63) is 80.5 Å². The zero-order chi connectivity index (χ0) is 18.7. The number of hydrazone groups is 1. The highest BCUT2D eigenvalue weighted by atomic mass is 35.5. The number of carbonyl (C=O) groups is 1. The second kappa shape index (κ2) is 7.28. The zero-order valence-electron chi connectivity index (χ0n) is 13.6. The minimum atomic E-state index is -0.567. The van der Waals surface area contributed by atoms with E-state index >= 15 is 0 Å². The number of nitrogens with one attached hydrogen (secondary N) is 1. The number of nitro benzene ring substituents is 1. The first-order chi connectivity index (χ1) is 12.4. The smallest absolute Gasteiger partial charge is 0.267 e. The van der Waals surface area contributed by atoms with Crippen LogP contribution in [0.25, 0.3) is 10.9 Å². The third kappa shape index (κ3) is 3.84. The molecule has 0 spiro atoms. The molecule has 1 heterocycles. The predicted molar refractivity (Wildman–Crippen MR) is 99.6 cm³/mol. The Morgan fingerprint density at radius 2 is 2.08 bits per heavy atom. The SMILES string of the molecule is Cc1ccc2cc(/C=N/NC(=O)c3cccc([N+](=O)[O-])c3)c(Cl)nc2c1. The van der Waals surface area contributed by atoms with Gasteiger partial charge < -0.3 is 0 Å². The predicted octanol–water partition coefficient (Wildman–Crippen LogP) is 3.87. The van der Waals surface area contributed by atoms with Crippen LogP contribution < -0.4 is 5.43 Å². The number of nitrogens with zero attached hydrogens (tertiary/aromatic N) is 3. The molecule has 0 aliphatic rings. The van der Waals surface area contributed by atoms with Crippen LogP contribution in [0.15, 0.2) is 53.6 Å². The van der Waals surface area contributed by atoms with Crippen molar-refractivity contribution in [1.82, 2.24) is 10.4 Å². The van der Waals surface area contributed by atoms with Crippen molar-refractivity contribution in [1.29, 1.82) is 0 Å². The molecule has 7 nitrogen and oxygen atoms in total. The van der Waals surface area contributed by atoms with Crippen molar-refractivity contribution >= 4 is 40.3 Å². The summed E-state index contributed by atoms with van der Waals surface area (Å²) in [5, 5.41) is 15.8. The van der Waals surface area contributed by atoms with Crippen LogP contribution in [0.5, 0.6) is 0 Å². The fourth-order valence-electron chi connectivity index (χ4n) is 2.35. The summed E-state index contributed by atoms with van der Waals surface area (Å²) in [7, 11) is 0. The molecular formula is C18H13ClN4O3. The van der Waals surface area contributed by atoms with Crippen LogP contribution in [-0.4, -0.2) is 22.0 Å². The Morgan fingerprint density at radius 1 is 1.27 bits per heavy atom. The number of aryl methyl sites for hydroxylation is 1. The summed E-state index contributed by atoms with van der Waals surface area (Å²) in [5.41, 5.74) is 4.68. The standard InChI is InChI=1S/C18H13ClN4O3/c1-11-5-6-12-8-14(17(19)21-16(12)7-11)10-20-22-18(24)13-3-2-4-15(9-13)23(25)26/h2-10H,1H3,(H,22,24)/b20-10+. The van der Waals surface area contributed by atoms with Crippen molar-refractivity contribution in [3.8, 4) is 0 Å². The fraction of sp³-hybridized carbons (Fsp3) is 0.0556. The van der Waals surface area contributed by atoms with Crippen LogP contribution in [0.1, 0.15) is 21.5 Å². The minimum absolute atomic E-state index is 0.134. The topological polar surface area (TPSA) is 97.5 Å². The van der Waals surface area contributed by atoms with Crippen LogP contribution in [0.4, 0.5) is 5.69 Å². The van der Waals surface area contributed by atoms with Gasteiger partial charge in [0.2, 0.25) is 0 Å². The number of non-ortho nitro benzene ring substituents is 1. The molecule has 0 atom stereocenters. The van der Waals surface area contributed by atoms with Crippen molar-refractivity contribution in [2.24, 2.45) is 5.10 Å². The number of benzene rings is 2. The number of hydrogen-bond acceptors (Lipinski definition) is 5. The largest absolute Gasteiger partial charge is 0.271 e. The van der Waals surface area contributed by atoms with E-state index in [4.69, 9.17) is 11.6 Å². The molecule has 8 heteroatoms. The summed E-state index contributed by atoms with van der Waals surface area (Å²) in [6.07, 6.45) is 1.38. The second-order valence-corrected chi connectivity index (χ2v) is 5.93. The fourth-order valence-corrected chi connectivity index (χ4v) is 2.54. The molecule has 0 radical (unpaired) electrons. The molecule has 0 saturated heterocycles. The van der Waals surface area contributed by atoms with E-state index in [0.29, 0.717) is 5.56 Å². The second-order valence-electron chi connectivity index (χ2n) is 5.57. The number of pyridine rings is 1. The van der Waals surface area contributed by atoms with Gasteiger partial charge in [-0.05, 0) is 30.7 Å². The molecule has 0 saturated carbocycles. The average molecular weight is 369 g/mol. The zero-order valence-corrected chi connectivity index (χ0v) is 14.4. The third-order valence-corrected chi connectivity index (χ3v) is 3.95. The Kier molecular flexibility index (Phi) is 4.90. The van der Waals surface area contributed by atoms with Crippen molar-refractivity contribution in [2.75, 3.05) is 0 Å². The summed E-state index contributed by atoms with van der Waals surface area (Å²) in [4.78, 5) is 26.6. The quantitative estimate of drug-likeness (QED) is 0.327. The molecule has 0 aliphatic carbocycles. The first-order valence-corrected chi connectivity index (χ1v) is 7.96. The van der Waals surface area contributed by atoms with E-state index in [1.807, 2.05) is 31.2 Å². The number of carbonyl (C=O) groups excluding carboxylic acids is 1. The number of aromatic nitrogens is 1. The van der Waals surface area contributed by atoms with E-state index in [1.165, 1.54) is 30.5 Å². The lowest BCUT2D eigenvalue weighted by Crippen LogP contribution is -2.17. The molecule has 0 unspecified atom stereocenters. The molecule has 26 heavy (non-hydrogen) atoms. The van der Waals surface area contributed by atoms with Crippen molar-refractivity contribution in [3.63, 3.8) is 0 Å². The molecule has 0 fully saturated rings. The normalized spacial score (nSPS) is 11.0. The molecule has 3 aromatic rings. The molecule has 1 amide bonds. The van der Waals surface area contributed by atoms with E-state index in [1.54, 1.807) is 0 Å². The summed E-state index contributed by atoms with van der Waals surface area (Å²) in [6, 6.07) is 13.0. The number of hydrogen-bond donors (Lipinski definition) is 1. The van der Waals surface area contributed by atoms with Gasteiger partial charge in [-0.3, -0.25) is 14.9 Å². The minimum Gasteiger partial charge on any atom is -0.267 e. The number of nitro groups is 1. The monoisotopic (exact) mass is 368 g/mol. The van der Waals surface area contributed by atoms with Gasteiger partial charge in [-0.1, -0.05) is 29.8 Å². The molecule has 1 aromatic heterocycles. The van der Waals surface area contributed by atoms with Gasteiger partial charge in [0.05, 0.1) is 16.7 Å². The van der Waals surface area contributed by atoms with E-state index in [-0.39, 0.29) is 16.4 Å². The van der Waals surface area contributed by atoms with Gasteiger partial charge in [-0.15, -0.1) is 0 Å². The van der Waals surface area contributed by atoms with Crippen LogP contribution in [0.2, 0.25) is 5.15 Å². The lowest BCUT2D eigenvalue weighted by Gasteiger charge is -2.03. The van der Waals surface area contributed by atoms with E-state index in [9.17, 15) is 14.9 Å². The molecule has 3 rings (SSSR count). The number of amides is 1. The maximum absolute atomic E-state index is 12.0. The summed E-state index contributed by atoms with van der Waals surface area (Å²) in [6.45, 7) is 1.97. The van der Waals surface area contributed by atoms with Gasteiger partial charge in [0.25, 0.3) is 11.6 Å². The number of fused-ring (bicyclic) bond motifs is 1. The van der Waals surface area contributed by atoms with Gasteiger partial charge in [0.1, 0.15) is 5.15 Å². The van der Waals surface area contributed by atoms with E-state index < -0.39 is 10.8 Å². The Morgan fingerprint density at radius 3 is 2.85 bits per heavy atom. The highest BCUT2D eigenvalue weighted by Gasteiger charge is 2.11. The van der Waals surface area contributed by atoms with E-state index in [0.717, 1.165) is 16.5 Å². The molecule has 0 bridgehead atoms. The average Bonchev–Trinajstić information content (AvgIpc) is 2.62.